The number of hydrogen-bond acceptors (Lipinski definition) is 1. The monoisotopic (exact) mass is 255 g/mol. The minimum absolute atomic E-state index is 0.0855. The van der Waals surface area contributed by atoms with Gasteiger partial charge in [0.2, 0.25) is 5.17 Å². The molecule has 82 valence electrons. The summed E-state index contributed by atoms with van der Waals surface area (Å²) in [6.45, 7) is 1.70. The minimum Gasteiger partial charge on any atom is -0.232 e. The van der Waals surface area contributed by atoms with E-state index in [1.165, 1.54) is 12.1 Å². The number of rotatable bonds is 1. The highest BCUT2D eigenvalue weighted by Crippen LogP contribution is 2.26. The van der Waals surface area contributed by atoms with Crippen LogP contribution in [-0.4, -0.2) is 11.3 Å². The Balaban J connectivity index is 3.08. The minimum atomic E-state index is -4.63. The molecule has 1 nitrogen and oxygen atoms in total. The number of aryl methyl sites for hydroxylation is 1. The zero-order valence-electron chi connectivity index (χ0n) is 7.57. The van der Waals surface area contributed by atoms with E-state index >= 15 is 0 Å². The van der Waals surface area contributed by atoms with Gasteiger partial charge < -0.3 is 0 Å². The summed E-state index contributed by atoms with van der Waals surface area (Å²) in [6.07, 6.45) is -4.63. The van der Waals surface area contributed by atoms with Crippen molar-refractivity contribution in [1.29, 1.82) is 0 Å². The molecule has 0 saturated carbocycles. The van der Waals surface area contributed by atoms with Crippen molar-refractivity contribution in [2.24, 2.45) is 4.99 Å². The largest absolute Gasteiger partial charge is 0.444 e. The van der Waals surface area contributed by atoms with Crippen LogP contribution in [0.5, 0.6) is 0 Å². The highest BCUT2D eigenvalue weighted by Gasteiger charge is 2.34. The van der Waals surface area contributed by atoms with Crippen LogP contribution in [0.25, 0.3) is 0 Å². The van der Waals surface area contributed by atoms with Crippen LogP contribution in [0.1, 0.15) is 5.56 Å². The van der Waals surface area contributed by atoms with Gasteiger partial charge in [-0.05, 0) is 30.7 Å². The molecule has 0 radical (unpaired) electrons. The fourth-order valence-electron chi connectivity index (χ4n) is 0.958. The highest BCUT2D eigenvalue weighted by molar-refractivity contribution is 6.67. The second-order valence-electron chi connectivity index (χ2n) is 2.89. The molecule has 6 heteroatoms. The molecular weight excluding hydrogens is 250 g/mol. The topological polar surface area (TPSA) is 12.4 Å². The Morgan fingerprint density at radius 3 is 2.33 bits per heavy atom. The van der Waals surface area contributed by atoms with Crippen molar-refractivity contribution in [2.45, 2.75) is 13.1 Å². The van der Waals surface area contributed by atoms with E-state index in [1.54, 1.807) is 13.0 Å². The molecular formula is C9H6Cl2F3N. The summed E-state index contributed by atoms with van der Waals surface area (Å²) in [5.41, 5.74) is 0.801. The third kappa shape index (κ3) is 3.72. The predicted molar refractivity (Wildman–Crippen MR) is 55.2 cm³/mol. The van der Waals surface area contributed by atoms with Crippen molar-refractivity contribution in [3.63, 3.8) is 0 Å². The molecule has 0 saturated heterocycles. The lowest BCUT2D eigenvalue weighted by Gasteiger charge is -2.04. The van der Waals surface area contributed by atoms with Crippen LogP contribution in [0.15, 0.2) is 23.2 Å². The quantitative estimate of drug-likeness (QED) is 0.657. The molecule has 0 N–H and O–H groups in total. The molecule has 1 aromatic carbocycles. The molecule has 1 rings (SSSR count). The predicted octanol–water partition coefficient (Wildman–Crippen LogP) is 4.48. The van der Waals surface area contributed by atoms with Crippen LogP contribution in [-0.2, 0) is 0 Å². The maximum Gasteiger partial charge on any atom is 0.444 e. The van der Waals surface area contributed by atoms with Crippen LogP contribution in [0.4, 0.5) is 18.9 Å². The number of aliphatic imine (C=N–C) groups is 1. The van der Waals surface area contributed by atoms with Crippen molar-refractivity contribution >= 4 is 34.1 Å². The van der Waals surface area contributed by atoms with E-state index in [2.05, 4.69) is 4.99 Å². The fourth-order valence-corrected chi connectivity index (χ4v) is 1.34. The molecule has 0 aliphatic carbocycles. The smallest absolute Gasteiger partial charge is 0.232 e. The molecule has 0 fully saturated rings. The molecule has 0 aliphatic heterocycles. The number of nitrogens with zero attached hydrogens (tertiary/aromatic N) is 1. The van der Waals surface area contributed by atoms with Gasteiger partial charge in [-0.1, -0.05) is 23.2 Å². The van der Waals surface area contributed by atoms with E-state index in [0.717, 1.165) is 0 Å². The zero-order chi connectivity index (χ0) is 11.6. The SMILES string of the molecule is Cc1cc(Cl)cc(N=C(Cl)C(F)(F)F)c1. The first-order valence-electron chi connectivity index (χ1n) is 3.87. The van der Waals surface area contributed by atoms with Crippen molar-refractivity contribution in [2.75, 3.05) is 0 Å². The van der Waals surface area contributed by atoms with Gasteiger partial charge in [-0.3, -0.25) is 0 Å². The van der Waals surface area contributed by atoms with Gasteiger partial charge in [-0.15, -0.1) is 0 Å². The van der Waals surface area contributed by atoms with Crippen LogP contribution in [0, 0.1) is 6.92 Å². The van der Waals surface area contributed by atoms with Crippen LogP contribution in [0.3, 0.4) is 0 Å². The van der Waals surface area contributed by atoms with E-state index < -0.39 is 11.3 Å². The van der Waals surface area contributed by atoms with Crippen LogP contribution >= 0.6 is 23.2 Å². The van der Waals surface area contributed by atoms with E-state index in [4.69, 9.17) is 23.2 Å². The molecule has 0 atom stereocenters. The molecule has 0 spiro atoms. The second kappa shape index (κ2) is 4.41. The fraction of sp³-hybridized carbons (Fsp3) is 0.222. The molecule has 0 amide bonds. The Labute approximate surface area is 94.5 Å². The van der Waals surface area contributed by atoms with Crippen molar-refractivity contribution < 1.29 is 13.2 Å². The van der Waals surface area contributed by atoms with Gasteiger partial charge in [0.15, 0.2) is 0 Å². The lowest BCUT2D eigenvalue weighted by Crippen LogP contribution is -2.16. The van der Waals surface area contributed by atoms with Gasteiger partial charge in [0.05, 0.1) is 5.69 Å². The van der Waals surface area contributed by atoms with Gasteiger partial charge in [0.1, 0.15) is 0 Å². The lowest BCUT2D eigenvalue weighted by atomic mass is 10.2. The van der Waals surface area contributed by atoms with Crippen molar-refractivity contribution in [3.8, 4) is 0 Å². The van der Waals surface area contributed by atoms with E-state index in [0.29, 0.717) is 10.6 Å². The Hall–Kier alpha value is -0.740. The van der Waals surface area contributed by atoms with Gasteiger partial charge in [-0.2, -0.15) is 13.2 Å². The standard InChI is InChI=1S/C9H6Cl2F3N/c1-5-2-6(10)4-7(3-5)15-8(11)9(12,13)14/h2-4H,1H3. The maximum atomic E-state index is 12.0. The average molecular weight is 256 g/mol. The molecule has 1 aromatic rings. The normalized spacial score (nSPS) is 13.1. The summed E-state index contributed by atoms with van der Waals surface area (Å²) in [4.78, 5) is 3.22. The molecule has 15 heavy (non-hydrogen) atoms. The molecule has 0 heterocycles. The van der Waals surface area contributed by atoms with Gasteiger partial charge in [0.25, 0.3) is 0 Å². The Morgan fingerprint density at radius 2 is 1.87 bits per heavy atom. The first kappa shape index (κ1) is 12.3. The van der Waals surface area contributed by atoms with Gasteiger partial charge in [0, 0.05) is 5.02 Å². The van der Waals surface area contributed by atoms with Gasteiger partial charge >= 0.3 is 6.18 Å². The Morgan fingerprint density at radius 1 is 1.27 bits per heavy atom. The Kier molecular flexibility index (Phi) is 3.62. The molecule has 0 bridgehead atoms. The molecule has 0 aliphatic rings. The number of alkyl halides is 3. The summed E-state index contributed by atoms with van der Waals surface area (Å²) in [5, 5.41) is -1.09. The maximum absolute atomic E-state index is 12.0. The van der Waals surface area contributed by atoms with Gasteiger partial charge in [-0.25, -0.2) is 4.99 Å². The zero-order valence-corrected chi connectivity index (χ0v) is 9.08. The van der Waals surface area contributed by atoms with E-state index in [9.17, 15) is 13.2 Å². The summed E-state index contributed by atoms with van der Waals surface area (Å²) in [5.74, 6) is 0. The first-order chi connectivity index (χ1) is 6.79. The number of hydrogen-bond donors (Lipinski definition) is 0. The van der Waals surface area contributed by atoms with Crippen molar-refractivity contribution in [1.82, 2.24) is 0 Å². The second-order valence-corrected chi connectivity index (χ2v) is 3.68. The number of halogens is 5. The molecule has 0 unspecified atom stereocenters. The number of benzene rings is 1. The summed E-state index contributed by atoms with van der Waals surface area (Å²) >= 11 is 10.6. The molecule has 0 aromatic heterocycles. The van der Waals surface area contributed by atoms with Crippen molar-refractivity contribution in [3.05, 3.63) is 28.8 Å². The Bertz CT molecular complexity index is 379. The first-order valence-corrected chi connectivity index (χ1v) is 4.63. The van der Waals surface area contributed by atoms with E-state index in [1.807, 2.05) is 0 Å². The average Bonchev–Trinajstić information content (AvgIpc) is 1.99. The lowest BCUT2D eigenvalue weighted by molar-refractivity contribution is -0.0558. The van der Waals surface area contributed by atoms with E-state index in [-0.39, 0.29) is 5.69 Å². The summed E-state index contributed by atoms with van der Waals surface area (Å²) in [7, 11) is 0. The summed E-state index contributed by atoms with van der Waals surface area (Å²) in [6, 6.07) is 4.38. The highest BCUT2D eigenvalue weighted by atomic mass is 35.5. The third-order valence-corrected chi connectivity index (χ3v) is 2.01. The van der Waals surface area contributed by atoms with Crippen LogP contribution < -0.4 is 0 Å². The third-order valence-electron chi connectivity index (χ3n) is 1.49. The van der Waals surface area contributed by atoms with Crippen LogP contribution in [0.2, 0.25) is 5.02 Å². The summed E-state index contributed by atoms with van der Waals surface area (Å²) < 4.78 is 36.1.